The van der Waals surface area contributed by atoms with Crippen molar-refractivity contribution in [3.8, 4) is 0 Å². The summed E-state index contributed by atoms with van der Waals surface area (Å²) in [5, 5.41) is 0. The van der Waals surface area contributed by atoms with Crippen LogP contribution in [0.25, 0.3) is 0 Å². The van der Waals surface area contributed by atoms with Crippen molar-refractivity contribution in [1.82, 2.24) is 0 Å². The van der Waals surface area contributed by atoms with E-state index in [1.807, 2.05) is 6.07 Å². The van der Waals surface area contributed by atoms with Crippen LogP contribution in [0.5, 0.6) is 0 Å². The third kappa shape index (κ3) is 2.23. The van der Waals surface area contributed by atoms with Crippen molar-refractivity contribution >= 4 is 23.5 Å². The highest BCUT2D eigenvalue weighted by molar-refractivity contribution is 8.17. The minimum atomic E-state index is 0.727. The molecule has 12 heavy (non-hydrogen) atoms. The van der Waals surface area contributed by atoms with Crippen molar-refractivity contribution < 1.29 is 4.42 Å². The SMILES string of the molecule is c1coc(CC2SCCCS2)c1. The highest BCUT2D eigenvalue weighted by Gasteiger charge is 2.15. The van der Waals surface area contributed by atoms with Gasteiger partial charge in [0.2, 0.25) is 0 Å². The summed E-state index contributed by atoms with van der Waals surface area (Å²) in [4.78, 5) is 0. The highest BCUT2D eigenvalue weighted by Crippen LogP contribution is 2.32. The van der Waals surface area contributed by atoms with Gasteiger partial charge in [0.1, 0.15) is 5.76 Å². The molecular weight excluding hydrogens is 188 g/mol. The molecule has 66 valence electrons. The summed E-state index contributed by atoms with van der Waals surface area (Å²) < 4.78 is 6.04. The lowest BCUT2D eigenvalue weighted by molar-refractivity contribution is 0.515. The molecule has 0 atom stereocenters. The zero-order chi connectivity index (χ0) is 8.23. The topological polar surface area (TPSA) is 13.1 Å². The van der Waals surface area contributed by atoms with E-state index in [1.165, 1.54) is 17.9 Å². The second kappa shape index (κ2) is 4.28. The van der Waals surface area contributed by atoms with E-state index >= 15 is 0 Å². The van der Waals surface area contributed by atoms with Crippen molar-refractivity contribution in [1.29, 1.82) is 0 Å². The Bertz CT molecular complexity index is 214. The van der Waals surface area contributed by atoms with Crippen LogP contribution in [0.2, 0.25) is 0 Å². The first-order chi connectivity index (χ1) is 5.95. The number of hydrogen-bond acceptors (Lipinski definition) is 3. The normalized spacial score (nSPS) is 19.7. The van der Waals surface area contributed by atoms with Crippen molar-refractivity contribution in [2.24, 2.45) is 0 Å². The third-order valence-electron chi connectivity index (χ3n) is 1.84. The number of thioether (sulfide) groups is 2. The van der Waals surface area contributed by atoms with Gasteiger partial charge in [0, 0.05) is 6.42 Å². The van der Waals surface area contributed by atoms with Crippen LogP contribution in [0.1, 0.15) is 12.2 Å². The second-order valence-corrected chi connectivity index (χ2v) is 5.73. The molecule has 0 aromatic carbocycles. The van der Waals surface area contributed by atoms with E-state index in [9.17, 15) is 0 Å². The summed E-state index contributed by atoms with van der Waals surface area (Å²) in [6.07, 6.45) is 4.21. The molecule has 0 N–H and O–H groups in total. The molecular formula is C9H12OS2. The maximum atomic E-state index is 5.31. The van der Waals surface area contributed by atoms with E-state index in [0.29, 0.717) is 0 Å². The first-order valence-corrected chi connectivity index (χ1v) is 6.30. The van der Waals surface area contributed by atoms with Crippen LogP contribution in [-0.4, -0.2) is 16.1 Å². The zero-order valence-electron chi connectivity index (χ0n) is 6.86. The lowest BCUT2D eigenvalue weighted by Gasteiger charge is -2.19. The molecule has 2 rings (SSSR count). The average Bonchev–Trinajstić information content (AvgIpc) is 2.59. The van der Waals surface area contributed by atoms with Crippen molar-refractivity contribution in [2.75, 3.05) is 11.5 Å². The van der Waals surface area contributed by atoms with Gasteiger partial charge in [0.05, 0.1) is 10.8 Å². The molecule has 1 saturated heterocycles. The fourth-order valence-electron chi connectivity index (χ4n) is 1.25. The maximum Gasteiger partial charge on any atom is 0.105 e. The number of rotatable bonds is 2. The Labute approximate surface area is 81.3 Å². The summed E-state index contributed by atoms with van der Waals surface area (Å²) in [6, 6.07) is 4.03. The maximum absolute atomic E-state index is 5.31. The van der Waals surface area contributed by atoms with Crippen LogP contribution in [0, 0.1) is 0 Å². The van der Waals surface area contributed by atoms with Crippen LogP contribution >= 0.6 is 23.5 Å². The molecule has 1 nitrogen and oxygen atoms in total. The van der Waals surface area contributed by atoms with Gasteiger partial charge in [0.15, 0.2) is 0 Å². The Kier molecular flexibility index (Phi) is 3.06. The summed E-state index contributed by atoms with van der Waals surface area (Å²) >= 11 is 4.13. The van der Waals surface area contributed by atoms with Crippen LogP contribution in [0.3, 0.4) is 0 Å². The smallest absolute Gasteiger partial charge is 0.105 e. The molecule has 1 fully saturated rings. The predicted molar refractivity (Wildman–Crippen MR) is 55.7 cm³/mol. The monoisotopic (exact) mass is 200 g/mol. The summed E-state index contributed by atoms with van der Waals surface area (Å²) in [7, 11) is 0. The number of furan rings is 1. The first-order valence-electron chi connectivity index (χ1n) is 4.21. The lowest BCUT2D eigenvalue weighted by atomic mass is 10.4. The molecule has 0 unspecified atom stereocenters. The van der Waals surface area contributed by atoms with Crippen molar-refractivity contribution in [2.45, 2.75) is 17.4 Å². The summed E-state index contributed by atoms with van der Waals surface area (Å²) in [6.45, 7) is 0. The van der Waals surface area contributed by atoms with E-state index < -0.39 is 0 Å². The summed E-state index contributed by atoms with van der Waals surface area (Å²) in [5.74, 6) is 3.76. The van der Waals surface area contributed by atoms with Gasteiger partial charge in [-0.05, 0) is 30.1 Å². The van der Waals surface area contributed by atoms with E-state index in [2.05, 4.69) is 29.6 Å². The van der Waals surface area contributed by atoms with Crippen molar-refractivity contribution in [3.05, 3.63) is 24.2 Å². The van der Waals surface area contributed by atoms with Gasteiger partial charge in [-0.3, -0.25) is 0 Å². The third-order valence-corrected chi connectivity index (χ3v) is 4.79. The zero-order valence-corrected chi connectivity index (χ0v) is 8.50. The Morgan fingerprint density at radius 2 is 2.25 bits per heavy atom. The van der Waals surface area contributed by atoms with E-state index in [0.717, 1.165) is 16.8 Å². The van der Waals surface area contributed by atoms with E-state index in [-0.39, 0.29) is 0 Å². The largest absolute Gasteiger partial charge is 0.469 e. The molecule has 0 spiro atoms. The second-order valence-electron chi connectivity index (χ2n) is 2.81. The van der Waals surface area contributed by atoms with E-state index in [4.69, 9.17) is 4.42 Å². The molecule has 0 radical (unpaired) electrons. The minimum absolute atomic E-state index is 0.727. The van der Waals surface area contributed by atoms with Gasteiger partial charge < -0.3 is 4.42 Å². The fraction of sp³-hybridized carbons (Fsp3) is 0.556. The Balaban J connectivity index is 1.86. The molecule has 3 heteroatoms. The van der Waals surface area contributed by atoms with Crippen molar-refractivity contribution in [3.63, 3.8) is 0 Å². The molecule has 1 aromatic rings. The number of hydrogen-bond donors (Lipinski definition) is 0. The van der Waals surface area contributed by atoms with Gasteiger partial charge in [-0.2, -0.15) is 0 Å². The summed E-state index contributed by atoms with van der Waals surface area (Å²) in [5.41, 5.74) is 0. The van der Waals surface area contributed by atoms with E-state index in [1.54, 1.807) is 6.26 Å². The predicted octanol–water partition coefficient (Wildman–Crippen LogP) is 3.02. The molecule has 0 amide bonds. The molecule has 0 aliphatic carbocycles. The minimum Gasteiger partial charge on any atom is -0.469 e. The molecule has 1 aromatic heterocycles. The van der Waals surface area contributed by atoms with Crippen LogP contribution in [0.4, 0.5) is 0 Å². The van der Waals surface area contributed by atoms with Crippen LogP contribution < -0.4 is 0 Å². The van der Waals surface area contributed by atoms with Gasteiger partial charge in [0.25, 0.3) is 0 Å². The van der Waals surface area contributed by atoms with Gasteiger partial charge >= 0.3 is 0 Å². The standard InChI is InChI=1S/C9H12OS2/c1-3-8(10-4-1)7-9-11-5-2-6-12-9/h1,3-4,9H,2,5-7H2. The Morgan fingerprint density at radius 1 is 1.42 bits per heavy atom. The Morgan fingerprint density at radius 3 is 2.92 bits per heavy atom. The first kappa shape index (κ1) is 8.57. The molecule has 0 bridgehead atoms. The van der Waals surface area contributed by atoms with Crippen LogP contribution in [-0.2, 0) is 6.42 Å². The van der Waals surface area contributed by atoms with Gasteiger partial charge in [-0.25, -0.2) is 0 Å². The molecule has 1 aliphatic rings. The Hall–Kier alpha value is -0.0200. The highest BCUT2D eigenvalue weighted by atomic mass is 32.2. The molecule has 1 aliphatic heterocycles. The molecule has 2 heterocycles. The average molecular weight is 200 g/mol. The lowest BCUT2D eigenvalue weighted by Crippen LogP contribution is -2.08. The fourth-order valence-corrected chi connectivity index (χ4v) is 4.10. The molecule has 0 saturated carbocycles. The quantitative estimate of drug-likeness (QED) is 0.728. The van der Waals surface area contributed by atoms with Gasteiger partial charge in [-0.15, -0.1) is 23.5 Å². The van der Waals surface area contributed by atoms with Gasteiger partial charge in [-0.1, -0.05) is 0 Å². The van der Waals surface area contributed by atoms with Crippen LogP contribution in [0.15, 0.2) is 22.8 Å².